The molecule has 186 valence electrons. The lowest BCUT2D eigenvalue weighted by molar-refractivity contribution is 0.0526. The minimum Gasteiger partial charge on any atom is -0.490 e. The molecule has 0 spiro atoms. The largest absolute Gasteiger partial charge is 0.490 e. The number of hydrogen-bond acceptors (Lipinski definition) is 6. The molecule has 0 saturated heterocycles. The van der Waals surface area contributed by atoms with Crippen molar-refractivity contribution in [2.24, 2.45) is 0 Å². The van der Waals surface area contributed by atoms with Crippen molar-refractivity contribution >= 4 is 28.5 Å². The van der Waals surface area contributed by atoms with Crippen LogP contribution in [0, 0.1) is 5.82 Å². The van der Waals surface area contributed by atoms with Crippen LogP contribution in [-0.2, 0) is 4.74 Å². The van der Waals surface area contributed by atoms with E-state index >= 15 is 0 Å². The Morgan fingerprint density at radius 1 is 1.08 bits per heavy atom. The van der Waals surface area contributed by atoms with Gasteiger partial charge in [0.1, 0.15) is 23.8 Å². The second kappa shape index (κ2) is 9.73. The molecule has 0 fully saturated rings. The summed E-state index contributed by atoms with van der Waals surface area (Å²) in [6.07, 6.45) is 1.62. The third-order valence-corrected chi connectivity index (χ3v) is 6.05. The Bertz CT molecular complexity index is 1570. The van der Waals surface area contributed by atoms with Gasteiger partial charge in [-0.05, 0) is 67.1 Å². The fourth-order valence-electron chi connectivity index (χ4n) is 4.40. The van der Waals surface area contributed by atoms with Crippen molar-refractivity contribution in [1.29, 1.82) is 0 Å². The quantitative estimate of drug-likeness (QED) is 0.249. The summed E-state index contributed by atoms with van der Waals surface area (Å²) in [5.74, 6) is -1.13. The maximum Gasteiger partial charge on any atom is 0.338 e. The van der Waals surface area contributed by atoms with Crippen LogP contribution in [0.1, 0.15) is 45.0 Å². The first kappa shape index (κ1) is 24.0. The number of ether oxygens (including phenoxy) is 2. The van der Waals surface area contributed by atoms with Crippen LogP contribution in [0.3, 0.4) is 0 Å². The molecule has 0 bridgehead atoms. The molecule has 8 heteroatoms. The molecular formula is C29H22FNO6. The molecule has 1 atom stereocenters. The average molecular weight is 499 g/mol. The van der Waals surface area contributed by atoms with E-state index in [1.165, 1.54) is 17.0 Å². The highest BCUT2D eigenvalue weighted by atomic mass is 19.1. The second-order valence-electron chi connectivity index (χ2n) is 8.33. The third-order valence-electron chi connectivity index (χ3n) is 6.05. The number of halogens is 1. The fourth-order valence-corrected chi connectivity index (χ4v) is 4.40. The highest BCUT2D eigenvalue weighted by molar-refractivity contribution is 6.10. The molecule has 1 amide bonds. The number of carbonyl (C=O) groups excluding carboxylic acids is 2. The van der Waals surface area contributed by atoms with Crippen LogP contribution in [0.2, 0.25) is 0 Å². The molecule has 2 heterocycles. The van der Waals surface area contributed by atoms with E-state index in [4.69, 9.17) is 13.9 Å². The van der Waals surface area contributed by atoms with E-state index in [9.17, 15) is 18.8 Å². The van der Waals surface area contributed by atoms with Crippen molar-refractivity contribution in [1.82, 2.24) is 0 Å². The Labute approximate surface area is 211 Å². The number of esters is 1. The molecule has 4 aromatic rings. The molecule has 1 aromatic heterocycles. The molecular weight excluding hydrogens is 477 g/mol. The van der Waals surface area contributed by atoms with Gasteiger partial charge in [0.15, 0.2) is 5.43 Å². The number of nitrogens with zero attached hydrogens (tertiary/aromatic N) is 1. The van der Waals surface area contributed by atoms with Crippen molar-refractivity contribution in [3.05, 3.63) is 118 Å². The topological polar surface area (TPSA) is 86.0 Å². The molecule has 0 saturated carbocycles. The number of carbonyl (C=O) groups is 2. The van der Waals surface area contributed by atoms with Gasteiger partial charge in [0.25, 0.3) is 5.91 Å². The van der Waals surface area contributed by atoms with Crippen molar-refractivity contribution in [2.75, 3.05) is 18.1 Å². The zero-order chi connectivity index (χ0) is 26.1. The number of benzene rings is 3. The number of hydrogen-bond donors (Lipinski definition) is 0. The van der Waals surface area contributed by atoms with Crippen LogP contribution >= 0.6 is 0 Å². The number of amides is 1. The van der Waals surface area contributed by atoms with Gasteiger partial charge in [0, 0.05) is 5.69 Å². The smallest absolute Gasteiger partial charge is 0.338 e. The summed E-state index contributed by atoms with van der Waals surface area (Å²) in [6, 6.07) is 16.0. The Morgan fingerprint density at radius 2 is 1.81 bits per heavy atom. The van der Waals surface area contributed by atoms with Crippen molar-refractivity contribution < 1.29 is 27.9 Å². The first-order valence-electron chi connectivity index (χ1n) is 11.6. The normalized spacial score (nSPS) is 14.5. The van der Waals surface area contributed by atoms with Crippen molar-refractivity contribution in [2.45, 2.75) is 13.0 Å². The van der Waals surface area contributed by atoms with Crippen LogP contribution in [0.5, 0.6) is 5.75 Å². The molecule has 1 aliphatic rings. The van der Waals surface area contributed by atoms with Crippen LogP contribution < -0.4 is 15.1 Å². The van der Waals surface area contributed by atoms with Crippen molar-refractivity contribution in [3.8, 4) is 5.75 Å². The summed E-state index contributed by atoms with van der Waals surface area (Å²) in [5, 5.41) is 0.0435. The van der Waals surface area contributed by atoms with Crippen LogP contribution in [0.4, 0.5) is 10.1 Å². The Hall–Kier alpha value is -4.72. The molecule has 0 radical (unpaired) electrons. The average Bonchev–Trinajstić information content (AvgIpc) is 3.20. The molecule has 7 nitrogen and oxygen atoms in total. The predicted octanol–water partition coefficient (Wildman–Crippen LogP) is 5.42. The van der Waals surface area contributed by atoms with E-state index < -0.39 is 29.2 Å². The van der Waals surface area contributed by atoms with E-state index in [1.54, 1.807) is 61.5 Å². The van der Waals surface area contributed by atoms with E-state index in [0.29, 0.717) is 29.2 Å². The molecule has 0 aliphatic carbocycles. The molecule has 0 N–H and O–H groups in total. The summed E-state index contributed by atoms with van der Waals surface area (Å²) in [6.45, 7) is 5.90. The Balaban J connectivity index is 1.66. The lowest BCUT2D eigenvalue weighted by Gasteiger charge is -2.25. The molecule has 37 heavy (non-hydrogen) atoms. The minimum absolute atomic E-state index is 0.0435. The standard InChI is InChI=1S/C29H22FNO6/c1-3-15-36-21-12-7-17(8-13-21)25-24-26(32)22-16-19(30)9-14-23(22)37-27(24)28(33)31(25)20-10-5-18(6-11-20)29(34)35-4-2/h3,5-14,16,25H,1,4,15H2,2H3. The highest BCUT2D eigenvalue weighted by Gasteiger charge is 2.43. The van der Waals surface area contributed by atoms with Gasteiger partial charge in [0.2, 0.25) is 5.76 Å². The van der Waals surface area contributed by atoms with Gasteiger partial charge >= 0.3 is 5.97 Å². The lowest BCUT2D eigenvalue weighted by Crippen LogP contribution is -2.29. The van der Waals surface area contributed by atoms with E-state index in [1.807, 2.05) is 0 Å². The summed E-state index contributed by atoms with van der Waals surface area (Å²) in [5.41, 5.74) is 1.12. The number of rotatable bonds is 7. The maximum atomic E-state index is 14.0. The van der Waals surface area contributed by atoms with E-state index in [0.717, 1.165) is 6.07 Å². The van der Waals surface area contributed by atoms with Gasteiger partial charge in [-0.2, -0.15) is 0 Å². The first-order chi connectivity index (χ1) is 17.9. The lowest BCUT2D eigenvalue weighted by atomic mass is 9.98. The SMILES string of the molecule is C=CCOc1ccc(C2c3c(oc4ccc(F)cc4c3=O)C(=O)N2c2ccc(C(=O)OCC)cc2)cc1. The molecule has 3 aromatic carbocycles. The summed E-state index contributed by atoms with van der Waals surface area (Å²) in [7, 11) is 0. The summed E-state index contributed by atoms with van der Waals surface area (Å²) in [4.78, 5) is 40.8. The minimum atomic E-state index is -0.853. The zero-order valence-electron chi connectivity index (χ0n) is 19.9. The Kier molecular flexibility index (Phi) is 6.31. The van der Waals surface area contributed by atoms with E-state index in [-0.39, 0.29) is 28.9 Å². The Morgan fingerprint density at radius 3 is 2.49 bits per heavy atom. The number of anilines is 1. The maximum absolute atomic E-state index is 14.0. The number of fused-ring (bicyclic) bond motifs is 2. The molecule has 1 unspecified atom stereocenters. The van der Waals surface area contributed by atoms with Crippen LogP contribution in [0.25, 0.3) is 11.0 Å². The summed E-state index contributed by atoms with van der Waals surface area (Å²) >= 11 is 0. The van der Waals surface area contributed by atoms with Gasteiger partial charge in [-0.15, -0.1) is 0 Å². The van der Waals surface area contributed by atoms with Crippen LogP contribution in [0.15, 0.2) is 88.6 Å². The summed E-state index contributed by atoms with van der Waals surface area (Å²) < 4.78 is 30.5. The fraction of sp³-hybridized carbons (Fsp3) is 0.138. The zero-order valence-corrected chi connectivity index (χ0v) is 19.9. The van der Waals surface area contributed by atoms with Gasteiger partial charge in [0.05, 0.1) is 29.2 Å². The van der Waals surface area contributed by atoms with Crippen molar-refractivity contribution in [3.63, 3.8) is 0 Å². The molecule has 5 rings (SSSR count). The van der Waals surface area contributed by atoms with Gasteiger partial charge in [-0.1, -0.05) is 24.8 Å². The monoisotopic (exact) mass is 499 g/mol. The van der Waals surface area contributed by atoms with E-state index in [2.05, 4.69) is 6.58 Å². The first-order valence-corrected chi connectivity index (χ1v) is 11.6. The third kappa shape index (κ3) is 4.27. The van der Waals surface area contributed by atoms with Gasteiger partial charge in [-0.25, -0.2) is 9.18 Å². The highest BCUT2D eigenvalue weighted by Crippen LogP contribution is 2.41. The van der Waals surface area contributed by atoms with Crippen LogP contribution in [-0.4, -0.2) is 25.1 Å². The second-order valence-corrected chi connectivity index (χ2v) is 8.33. The predicted molar refractivity (Wildman–Crippen MR) is 136 cm³/mol. The molecule has 1 aliphatic heterocycles. The van der Waals surface area contributed by atoms with Gasteiger partial charge in [-0.3, -0.25) is 14.5 Å². The van der Waals surface area contributed by atoms with Gasteiger partial charge < -0.3 is 13.9 Å².